The Morgan fingerprint density at radius 3 is 2.74 bits per heavy atom. The maximum absolute atomic E-state index is 15.0. The molecule has 0 bridgehead atoms. The zero-order valence-corrected chi connectivity index (χ0v) is 18.6. The second kappa shape index (κ2) is 8.17. The number of pyridine rings is 3. The average Bonchev–Trinajstić information content (AvgIpc) is 3.63. The van der Waals surface area contributed by atoms with E-state index in [4.69, 9.17) is 4.74 Å². The second-order valence-corrected chi connectivity index (χ2v) is 8.50. The first-order valence-electron chi connectivity index (χ1n) is 11.3. The van der Waals surface area contributed by atoms with Crippen LogP contribution in [0.4, 0.5) is 21.7 Å². The van der Waals surface area contributed by atoms with Crippen LogP contribution in [0.1, 0.15) is 12.8 Å². The van der Waals surface area contributed by atoms with Crippen LogP contribution in [0.3, 0.4) is 0 Å². The van der Waals surface area contributed by atoms with Gasteiger partial charge in [-0.05, 0) is 18.9 Å². The van der Waals surface area contributed by atoms with Crippen molar-refractivity contribution >= 4 is 39.6 Å². The van der Waals surface area contributed by atoms with E-state index in [-0.39, 0.29) is 17.5 Å². The number of hydrogen-bond donors (Lipinski definition) is 2. The van der Waals surface area contributed by atoms with Gasteiger partial charge >= 0.3 is 0 Å². The van der Waals surface area contributed by atoms with E-state index in [0.717, 1.165) is 29.3 Å². The Hall–Kier alpha value is -3.86. The number of nitrogens with one attached hydrogen (secondary N) is 2. The molecule has 4 aromatic rings. The number of halogens is 1. The van der Waals surface area contributed by atoms with Crippen LogP contribution in [-0.2, 0) is 9.53 Å². The SMILES string of the molecule is CNc1ncc(-c2nc3c(F)cc(N4CCOCC4)cn3n2)c2cc(NC(=O)C3CC3)ncc12. The van der Waals surface area contributed by atoms with E-state index in [1.165, 1.54) is 10.6 Å². The Morgan fingerprint density at radius 1 is 1.15 bits per heavy atom. The van der Waals surface area contributed by atoms with Crippen LogP contribution in [0.5, 0.6) is 0 Å². The predicted molar refractivity (Wildman–Crippen MR) is 125 cm³/mol. The van der Waals surface area contributed by atoms with Gasteiger partial charge in [0.1, 0.15) is 11.6 Å². The molecule has 4 aromatic heterocycles. The molecule has 1 amide bonds. The Labute approximate surface area is 194 Å². The lowest BCUT2D eigenvalue weighted by atomic mass is 10.1. The first kappa shape index (κ1) is 20.7. The van der Waals surface area contributed by atoms with Gasteiger partial charge in [0.05, 0.1) is 25.1 Å². The number of morpholine rings is 1. The Balaban J connectivity index is 1.44. The summed E-state index contributed by atoms with van der Waals surface area (Å²) in [6.07, 6.45) is 6.90. The molecule has 10 nitrogen and oxygen atoms in total. The quantitative estimate of drug-likeness (QED) is 0.466. The topological polar surface area (TPSA) is 110 Å². The summed E-state index contributed by atoms with van der Waals surface area (Å²) in [7, 11) is 1.77. The highest BCUT2D eigenvalue weighted by Crippen LogP contribution is 2.33. The molecule has 34 heavy (non-hydrogen) atoms. The van der Waals surface area contributed by atoms with Crippen molar-refractivity contribution in [2.75, 3.05) is 48.9 Å². The monoisotopic (exact) mass is 462 g/mol. The summed E-state index contributed by atoms with van der Waals surface area (Å²) in [5.41, 5.74) is 1.48. The highest BCUT2D eigenvalue weighted by molar-refractivity contribution is 6.03. The van der Waals surface area contributed by atoms with Gasteiger partial charge in [0.2, 0.25) is 5.91 Å². The van der Waals surface area contributed by atoms with Gasteiger partial charge in [-0.25, -0.2) is 23.9 Å². The molecule has 0 radical (unpaired) electrons. The van der Waals surface area contributed by atoms with Crippen molar-refractivity contribution < 1.29 is 13.9 Å². The van der Waals surface area contributed by atoms with E-state index in [1.54, 1.807) is 31.7 Å². The maximum atomic E-state index is 15.0. The zero-order valence-electron chi connectivity index (χ0n) is 18.6. The largest absolute Gasteiger partial charge is 0.378 e. The van der Waals surface area contributed by atoms with Gasteiger partial charge in [-0.15, -0.1) is 5.10 Å². The molecular weight excluding hydrogens is 439 g/mol. The minimum atomic E-state index is -0.453. The number of fused-ring (bicyclic) bond motifs is 2. The molecule has 6 rings (SSSR count). The lowest BCUT2D eigenvalue weighted by Crippen LogP contribution is -2.36. The van der Waals surface area contributed by atoms with Crippen LogP contribution < -0.4 is 15.5 Å². The molecular formula is C23H23FN8O2. The van der Waals surface area contributed by atoms with E-state index in [2.05, 4.69) is 35.6 Å². The van der Waals surface area contributed by atoms with E-state index >= 15 is 0 Å². The second-order valence-electron chi connectivity index (χ2n) is 8.50. The predicted octanol–water partition coefficient (Wildman–Crippen LogP) is 2.71. The van der Waals surface area contributed by atoms with Crippen molar-refractivity contribution in [3.8, 4) is 11.4 Å². The number of carbonyl (C=O) groups is 1. The fraction of sp³-hybridized carbons (Fsp3) is 0.348. The molecule has 11 heteroatoms. The van der Waals surface area contributed by atoms with Gasteiger partial charge in [-0.1, -0.05) is 0 Å². The Morgan fingerprint density at radius 2 is 1.97 bits per heavy atom. The summed E-state index contributed by atoms with van der Waals surface area (Å²) >= 11 is 0. The number of ether oxygens (including phenoxy) is 1. The molecule has 174 valence electrons. The van der Waals surface area contributed by atoms with E-state index in [9.17, 15) is 9.18 Å². The maximum Gasteiger partial charge on any atom is 0.228 e. The number of hydrogen-bond acceptors (Lipinski definition) is 8. The molecule has 2 aliphatic rings. The molecule has 0 atom stereocenters. The number of rotatable bonds is 5. The van der Waals surface area contributed by atoms with Crippen LogP contribution in [0.2, 0.25) is 0 Å². The lowest BCUT2D eigenvalue weighted by molar-refractivity contribution is -0.117. The summed E-state index contributed by atoms with van der Waals surface area (Å²) in [4.78, 5) is 27.6. The molecule has 1 saturated heterocycles. The first-order chi connectivity index (χ1) is 16.6. The molecule has 0 spiro atoms. The number of anilines is 3. The molecule has 1 aliphatic heterocycles. The van der Waals surface area contributed by atoms with E-state index in [0.29, 0.717) is 49.3 Å². The normalized spacial score (nSPS) is 16.2. The zero-order chi connectivity index (χ0) is 23.2. The van der Waals surface area contributed by atoms with Gasteiger partial charge in [0.25, 0.3) is 0 Å². The number of carbonyl (C=O) groups excluding carboxylic acids is 1. The fourth-order valence-electron chi connectivity index (χ4n) is 4.20. The number of amides is 1. The Kier molecular flexibility index (Phi) is 4.98. The van der Waals surface area contributed by atoms with Crippen molar-refractivity contribution in [1.29, 1.82) is 0 Å². The summed E-state index contributed by atoms with van der Waals surface area (Å²) in [5, 5.41) is 12.0. The van der Waals surface area contributed by atoms with Crippen LogP contribution in [0.25, 0.3) is 27.8 Å². The third kappa shape index (κ3) is 3.67. The molecule has 1 saturated carbocycles. The van der Waals surface area contributed by atoms with E-state index < -0.39 is 5.82 Å². The molecule has 2 fully saturated rings. The highest BCUT2D eigenvalue weighted by Gasteiger charge is 2.30. The van der Waals surface area contributed by atoms with E-state index in [1.807, 2.05) is 0 Å². The number of nitrogens with zero attached hydrogens (tertiary/aromatic N) is 6. The minimum absolute atomic E-state index is 0.0279. The van der Waals surface area contributed by atoms with Crippen molar-refractivity contribution in [2.45, 2.75) is 12.8 Å². The first-order valence-corrected chi connectivity index (χ1v) is 11.3. The molecule has 1 aliphatic carbocycles. The molecule has 5 heterocycles. The fourth-order valence-corrected chi connectivity index (χ4v) is 4.20. The average molecular weight is 462 g/mol. The van der Waals surface area contributed by atoms with Gasteiger partial charge in [0.15, 0.2) is 17.3 Å². The van der Waals surface area contributed by atoms with Crippen LogP contribution >= 0.6 is 0 Å². The van der Waals surface area contributed by atoms with Crippen molar-refractivity contribution in [1.82, 2.24) is 24.6 Å². The molecule has 0 unspecified atom stereocenters. The van der Waals surface area contributed by atoms with Crippen LogP contribution in [0.15, 0.2) is 30.7 Å². The number of aromatic nitrogens is 5. The van der Waals surface area contributed by atoms with Gasteiger partial charge in [-0.2, -0.15) is 0 Å². The van der Waals surface area contributed by atoms with Crippen molar-refractivity contribution in [3.05, 3.63) is 36.5 Å². The van der Waals surface area contributed by atoms with Crippen LogP contribution in [0, 0.1) is 11.7 Å². The Bertz CT molecular complexity index is 1410. The lowest BCUT2D eigenvalue weighted by Gasteiger charge is -2.28. The molecule has 2 N–H and O–H groups in total. The highest BCUT2D eigenvalue weighted by atomic mass is 19.1. The van der Waals surface area contributed by atoms with Crippen molar-refractivity contribution in [2.24, 2.45) is 5.92 Å². The summed E-state index contributed by atoms with van der Waals surface area (Å²) in [6.45, 7) is 2.58. The summed E-state index contributed by atoms with van der Waals surface area (Å²) < 4.78 is 21.8. The van der Waals surface area contributed by atoms with Gasteiger partial charge < -0.3 is 20.3 Å². The van der Waals surface area contributed by atoms with Gasteiger partial charge in [0, 0.05) is 60.9 Å². The third-order valence-electron chi connectivity index (χ3n) is 6.20. The summed E-state index contributed by atoms with van der Waals surface area (Å²) in [5.74, 6) is 1.000. The van der Waals surface area contributed by atoms with Gasteiger partial charge in [-0.3, -0.25) is 4.79 Å². The minimum Gasteiger partial charge on any atom is -0.378 e. The molecule has 0 aromatic carbocycles. The van der Waals surface area contributed by atoms with Crippen LogP contribution in [-0.4, -0.2) is 63.8 Å². The smallest absolute Gasteiger partial charge is 0.228 e. The standard InChI is InChI=1S/C23H23FN8O2/c1-25-20-16-10-26-19(28-23(33)13-2-3-13)9-15(16)17(11-27-20)21-29-22-18(24)8-14(12-32(22)30-21)31-4-6-34-7-5-31/h8-13H,2-7H2,1H3,(H,25,27)(H,26,28,33). The third-order valence-corrected chi connectivity index (χ3v) is 6.20. The van der Waals surface area contributed by atoms with Crippen molar-refractivity contribution in [3.63, 3.8) is 0 Å². The summed E-state index contributed by atoms with van der Waals surface area (Å²) in [6, 6.07) is 3.27.